The monoisotopic (exact) mass is 435 g/mol. The maximum atomic E-state index is 13.0. The van der Waals surface area contributed by atoms with Crippen LogP contribution in [0.5, 0.6) is 5.75 Å². The molecule has 0 bridgehead atoms. The van der Waals surface area contributed by atoms with Crippen LogP contribution in [0.15, 0.2) is 60.7 Å². The lowest BCUT2D eigenvalue weighted by molar-refractivity contribution is 0.0733. The van der Waals surface area contributed by atoms with E-state index in [4.69, 9.17) is 16.3 Å². The number of halogens is 2. The van der Waals surface area contributed by atoms with Crippen LogP contribution in [0.1, 0.15) is 21.7 Å². The number of rotatable bonds is 3. The molecule has 0 unspecified atom stereocenters. The van der Waals surface area contributed by atoms with Gasteiger partial charge in [0.2, 0.25) is 0 Å². The first-order valence-corrected chi connectivity index (χ1v) is 10.3. The van der Waals surface area contributed by atoms with Crippen LogP contribution in [0.25, 0.3) is 22.2 Å². The Kier molecular flexibility index (Phi) is 5.08. The second-order valence-electron chi connectivity index (χ2n) is 7.45. The fourth-order valence-electron chi connectivity index (χ4n) is 3.83. The Bertz CT molecular complexity index is 1270. The standard InChI is InChI=1S/C24H19ClFN3O2/c25-19-5-1-15(2-6-19)24(30)29-9-10-31-22-8-4-16(11-18(22)14-29)17-3-7-20-21(12-17)28-23(13-26)27-20/h1-8,11-12H,9-10,13-14H2,(H,27,28). The van der Waals surface area contributed by atoms with Crippen LogP contribution in [0, 0.1) is 0 Å². The van der Waals surface area contributed by atoms with Gasteiger partial charge in [0.1, 0.15) is 24.9 Å². The van der Waals surface area contributed by atoms with E-state index < -0.39 is 6.67 Å². The van der Waals surface area contributed by atoms with Gasteiger partial charge in [-0.05, 0) is 59.7 Å². The van der Waals surface area contributed by atoms with Gasteiger partial charge in [0.25, 0.3) is 5.91 Å². The van der Waals surface area contributed by atoms with Crippen LogP contribution < -0.4 is 4.74 Å². The van der Waals surface area contributed by atoms with Gasteiger partial charge in [0.15, 0.2) is 0 Å². The Morgan fingerprint density at radius 3 is 2.68 bits per heavy atom. The summed E-state index contributed by atoms with van der Waals surface area (Å²) in [6.45, 7) is 0.746. The van der Waals surface area contributed by atoms with Gasteiger partial charge in [-0.15, -0.1) is 0 Å². The Morgan fingerprint density at radius 1 is 1.10 bits per heavy atom. The smallest absolute Gasteiger partial charge is 0.254 e. The maximum absolute atomic E-state index is 13.0. The van der Waals surface area contributed by atoms with Gasteiger partial charge in [-0.3, -0.25) is 4.79 Å². The Labute approximate surface area is 183 Å². The summed E-state index contributed by atoms with van der Waals surface area (Å²) < 4.78 is 18.8. The van der Waals surface area contributed by atoms with Crippen molar-refractivity contribution in [3.8, 4) is 16.9 Å². The molecule has 4 aromatic rings. The molecule has 0 radical (unpaired) electrons. The molecule has 0 spiro atoms. The zero-order valence-electron chi connectivity index (χ0n) is 16.6. The highest BCUT2D eigenvalue weighted by molar-refractivity contribution is 6.30. The van der Waals surface area contributed by atoms with Crippen molar-refractivity contribution >= 4 is 28.5 Å². The van der Waals surface area contributed by atoms with Gasteiger partial charge >= 0.3 is 0 Å². The van der Waals surface area contributed by atoms with Gasteiger partial charge in [0, 0.05) is 22.7 Å². The number of carbonyl (C=O) groups is 1. The summed E-state index contributed by atoms with van der Waals surface area (Å²) in [4.78, 5) is 22.0. The van der Waals surface area contributed by atoms with E-state index in [-0.39, 0.29) is 5.91 Å². The minimum absolute atomic E-state index is 0.0591. The first kappa shape index (κ1) is 19.6. The van der Waals surface area contributed by atoms with Crippen molar-refractivity contribution < 1.29 is 13.9 Å². The van der Waals surface area contributed by atoms with E-state index in [1.807, 2.05) is 36.4 Å². The number of hydrogen-bond acceptors (Lipinski definition) is 3. The number of ether oxygens (including phenoxy) is 1. The summed E-state index contributed by atoms with van der Waals surface area (Å²) in [7, 11) is 0. The molecule has 156 valence electrons. The van der Waals surface area contributed by atoms with Crippen molar-refractivity contribution in [2.24, 2.45) is 0 Å². The highest BCUT2D eigenvalue weighted by atomic mass is 35.5. The molecule has 1 aromatic heterocycles. The second-order valence-corrected chi connectivity index (χ2v) is 7.89. The molecule has 1 N–H and O–H groups in total. The maximum Gasteiger partial charge on any atom is 0.254 e. The zero-order valence-corrected chi connectivity index (χ0v) is 17.3. The fourth-order valence-corrected chi connectivity index (χ4v) is 3.95. The number of fused-ring (bicyclic) bond motifs is 2. The first-order chi connectivity index (χ1) is 15.1. The number of hydrogen-bond donors (Lipinski definition) is 1. The predicted octanol–water partition coefficient (Wildman–Crippen LogP) is 5.39. The topological polar surface area (TPSA) is 58.2 Å². The van der Waals surface area contributed by atoms with Crippen LogP contribution in [0.2, 0.25) is 5.02 Å². The van der Waals surface area contributed by atoms with Crippen molar-refractivity contribution in [3.05, 3.63) is 82.6 Å². The summed E-state index contributed by atoms with van der Waals surface area (Å²) in [5.41, 5.74) is 5.01. The van der Waals surface area contributed by atoms with Gasteiger partial charge < -0.3 is 14.6 Å². The average Bonchev–Trinajstić information content (AvgIpc) is 3.09. The largest absolute Gasteiger partial charge is 0.491 e. The van der Waals surface area contributed by atoms with Crippen molar-refractivity contribution in [2.75, 3.05) is 13.2 Å². The number of H-pyrrole nitrogens is 1. The molecule has 5 nitrogen and oxygen atoms in total. The van der Waals surface area contributed by atoms with E-state index >= 15 is 0 Å². The molecule has 3 aromatic carbocycles. The Balaban J connectivity index is 1.45. The van der Waals surface area contributed by atoms with E-state index in [0.29, 0.717) is 36.1 Å². The number of imidazole rings is 1. The summed E-state index contributed by atoms with van der Waals surface area (Å²) in [6, 6.07) is 18.7. The van der Waals surface area contributed by atoms with E-state index in [1.165, 1.54) is 0 Å². The summed E-state index contributed by atoms with van der Waals surface area (Å²) in [5, 5.41) is 0.596. The van der Waals surface area contributed by atoms with Gasteiger partial charge in [0.05, 0.1) is 17.6 Å². The van der Waals surface area contributed by atoms with E-state index in [1.54, 1.807) is 29.2 Å². The zero-order chi connectivity index (χ0) is 21.4. The molecule has 31 heavy (non-hydrogen) atoms. The van der Waals surface area contributed by atoms with Crippen LogP contribution >= 0.6 is 11.6 Å². The van der Waals surface area contributed by atoms with Crippen molar-refractivity contribution in [2.45, 2.75) is 13.2 Å². The molecular weight excluding hydrogens is 417 g/mol. The number of nitrogens with one attached hydrogen (secondary N) is 1. The van der Waals surface area contributed by atoms with Crippen molar-refractivity contribution in [1.82, 2.24) is 14.9 Å². The Hall–Kier alpha value is -3.38. The number of benzene rings is 3. The van der Waals surface area contributed by atoms with Crippen molar-refractivity contribution in [3.63, 3.8) is 0 Å². The highest BCUT2D eigenvalue weighted by Crippen LogP contribution is 2.31. The van der Waals surface area contributed by atoms with Gasteiger partial charge in [-0.25, -0.2) is 9.37 Å². The summed E-state index contributed by atoms with van der Waals surface area (Å²) >= 11 is 5.95. The first-order valence-electron chi connectivity index (χ1n) is 9.96. The summed E-state index contributed by atoms with van der Waals surface area (Å²) in [5.74, 6) is 1.03. The lowest BCUT2D eigenvalue weighted by atomic mass is 10.0. The highest BCUT2D eigenvalue weighted by Gasteiger charge is 2.21. The third kappa shape index (κ3) is 3.86. The molecule has 1 aliphatic heterocycles. The second kappa shape index (κ2) is 8.04. The molecule has 0 fully saturated rings. The Morgan fingerprint density at radius 2 is 1.87 bits per heavy atom. The molecule has 1 aliphatic rings. The molecule has 0 saturated carbocycles. The minimum Gasteiger partial charge on any atom is -0.491 e. The number of nitrogens with zero attached hydrogens (tertiary/aromatic N) is 2. The number of amides is 1. The molecule has 0 saturated heterocycles. The molecule has 0 aliphatic carbocycles. The third-order valence-electron chi connectivity index (χ3n) is 5.41. The molecule has 7 heteroatoms. The van der Waals surface area contributed by atoms with Crippen molar-refractivity contribution in [1.29, 1.82) is 0 Å². The van der Waals surface area contributed by atoms with E-state index in [0.717, 1.165) is 33.5 Å². The van der Waals surface area contributed by atoms with E-state index in [9.17, 15) is 9.18 Å². The fraction of sp³-hybridized carbons (Fsp3) is 0.167. The number of aromatic nitrogens is 2. The number of alkyl halides is 1. The predicted molar refractivity (Wildman–Crippen MR) is 118 cm³/mol. The van der Waals surface area contributed by atoms with Crippen LogP contribution in [0.3, 0.4) is 0 Å². The van der Waals surface area contributed by atoms with Crippen LogP contribution in [-0.2, 0) is 13.2 Å². The molecule has 1 amide bonds. The molecule has 2 heterocycles. The minimum atomic E-state index is -0.627. The third-order valence-corrected chi connectivity index (χ3v) is 5.66. The lowest BCUT2D eigenvalue weighted by Gasteiger charge is -2.20. The number of carbonyl (C=O) groups excluding carboxylic acids is 1. The molecule has 0 atom stereocenters. The van der Waals surface area contributed by atoms with Crippen LogP contribution in [0.4, 0.5) is 4.39 Å². The number of aromatic amines is 1. The summed E-state index contributed by atoms with van der Waals surface area (Å²) in [6.07, 6.45) is 0. The SMILES string of the molecule is O=C(c1ccc(Cl)cc1)N1CCOc2ccc(-c3ccc4nc(CF)[nH]c4c3)cc2C1. The average molecular weight is 436 g/mol. The normalized spacial score (nSPS) is 13.5. The molecule has 5 rings (SSSR count). The van der Waals surface area contributed by atoms with E-state index in [2.05, 4.69) is 9.97 Å². The van der Waals surface area contributed by atoms with Gasteiger partial charge in [-0.2, -0.15) is 0 Å². The molecular formula is C24H19ClFN3O2. The lowest BCUT2D eigenvalue weighted by Crippen LogP contribution is -2.32. The van der Waals surface area contributed by atoms with Gasteiger partial charge in [-0.1, -0.05) is 23.7 Å². The van der Waals surface area contributed by atoms with Crippen LogP contribution in [-0.4, -0.2) is 33.9 Å². The quantitative estimate of drug-likeness (QED) is 0.469.